The molecule has 1 aromatic carbocycles. The molecular weight excluding hydrogens is 270 g/mol. The predicted molar refractivity (Wildman–Crippen MR) is 83.8 cm³/mol. The Hall–Kier alpha value is -1.82. The zero-order chi connectivity index (χ0) is 14.8. The van der Waals surface area contributed by atoms with E-state index in [2.05, 4.69) is 30.7 Å². The number of aromatic nitrogens is 2. The van der Waals surface area contributed by atoms with Crippen molar-refractivity contribution in [3.05, 3.63) is 24.3 Å². The van der Waals surface area contributed by atoms with Crippen LogP contribution in [0.4, 0.5) is 10.7 Å². The first-order valence-electron chi connectivity index (χ1n) is 7.06. The molecule has 2 rings (SSSR count). The summed E-state index contributed by atoms with van der Waals surface area (Å²) in [5, 5.41) is 9.68. The molecule has 1 heterocycles. The van der Waals surface area contributed by atoms with Crippen molar-refractivity contribution in [2.24, 2.45) is 0 Å². The van der Waals surface area contributed by atoms with Gasteiger partial charge in [0.1, 0.15) is 0 Å². The lowest BCUT2D eigenvalue weighted by Gasteiger charge is -2.36. The highest BCUT2D eigenvalue weighted by Crippen LogP contribution is 2.30. The topological polar surface area (TPSA) is 69.2 Å². The molecule has 5 nitrogen and oxygen atoms in total. The SMILES string of the molecule is CC[Si](CC)(CC)N(C(=O)O)c1nc2ccccc2[nH]1. The highest BCUT2D eigenvalue weighted by Gasteiger charge is 2.40. The van der Waals surface area contributed by atoms with Crippen molar-refractivity contribution >= 4 is 31.3 Å². The zero-order valence-corrected chi connectivity index (χ0v) is 13.2. The van der Waals surface area contributed by atoms with E-state index < -0.39 is 14.3 Å². The van der Waals surface area contributed by atoms with Gasteiger partial charge in [0.25, 0.3) is 0 Å². The third-order valence-corrected chi connectivity index (χ3v) is 9.53. The molecule has 0 aliphatic rings. The largest absolute Gasteiger partial charge is 0.465 e. The molecule has 0 bridgehead atoms. The first-order valence-corrected chi connectivity index (χ1v) is 9.62. The van der Waals surface area contributed by atoms with Gasteiger partial charge in [0.05, 0.1) is 11.0 Å². The van der Waals surface area contributed by atoms with Crippen LogP contribution >= 0.6 is 0 Å². The fourth-order valence-corrected chi connectivity index (χ4v) is 6.20. The Morgan fingerprint density at radius 3 is 2.35 bits per heavy atom. The molecule has 2 aromatic rings. The summed E-state index contributed by atoms with van der Waals surface area (Å²) >= 11 is 0. The van der Waals surface area contributed by atoms with E-state index in [-0.39, 0.29) is 0 Å². The van der Waals surface area contributed by atoms with E-state index >= 15 is 0 Å². The van der Waals surface area contributed by atoms with Crippen molar-refractivity contribution in [1.82, 2.24) is 9.97 Å². The third kappa shape index (κ3) is 2.31. The van der Waals surface area contributed by atoms with Crippen LogP contribution in [-0.4, -0.2) is 29.4 Å². The zero-order valence-electron chi connectivity index (χ0n) is 12.2. The summed E-state index contributed by atoms with van der Waals surface area (Å²) in [6.45, 7) is 6.24. The first kappa shape index (κ1) is 14.6. The number of carboxylic acid groups (broad SMARTS) is 1. The van der Waals surface area contributed by atoms with Gasteiger partial charge >= 0.3 is 6.09 Å². The summed E-state index contributed by atoms with van der Waals surface area (Å²) in [6, 6.07) is 10.3. The van der Waals surface area contributed by atoms with Crippen LogP contribution in [0.1, 0.15) is 20.8 Å². The van der Waals surface area contributed by atoms with Crippen molar-refractivity contribution in [1.29, 1.82) is 0 Å². The van der Waals surface area contributed by atoms with Crippen LogP contribution in [0, 0.1) is 0 Å². The van der Waals surface area contributed by atoms with Crippen LogP contribution < -0.4 is 4.57 Å². The number of amides is 1. The van der Waals surface area contributed by atoms with Gasteiger partial charge in [-0.3, -0.25) is 4.57 Å². The minimum Gasteiger partial charge on any atom is -0.465 e. The van der Waals surface area contributed by atoms with Gasteiger partial charge in [-0.25, -0.2) is 9.78 Å². The van der Waals surface area contributed by atoms with Gasteiger partial charge in [-0.1, -0.05) is 32.9 Å². The third-order valence-electron chi connectivity index (χ3n) is 4.23. The molecule has 0 fully saturated rings. The Bertz CT molecular complexity index is 566. The van der Waals surface area contributed by atoms with Gasteiger partial charge in [-0.2, -0.15) is 0 Å². The van der Waals surface area contributed by atoms with Crippen LogP contribution in [-0.2, 0) is 0 Å². The van der Waals surface area contributed by atoms with E-state index in [9.17, 15) is 9.90 Å². The first-order chi connectivity index (χ1) is 9.57. The maximum atomic E-state index is 11.8. The van der Waals surface area contributed by atoms with Gasteiger partial charge < -0.3 is 10.1 Å². The van der Waals surface area contributed by atoms with Gasteiger partial charge in [0.15, 0.2) is 8.24 Å². The predicted octanol–water partition coefficient (Wildman–Crippen LogP) is 4.05. The fourth-order valence-electron chi connectivity index (χ4n) is 2.79. The highest BCUT2D eigenvalue weighted by molar-refractivity contribution is 6.85. The van der Waals surface area contributed by atoms with Gasteiger partial charge in [0.2, 0.25) is 5.95 Å². The molecule has 0 aliphatic carbocycles. The van der Waals surface area contributed by atoms with E-state index in [1.807, 2.05) is 24.3 Å². The van der Waals surface area contributed by atoms with Crippen LogP contribution in [0.2, 0.25) is 18.1 Å². The van der Waals surface area contributed by atoms with Crippen molar-refractivity contribution in [3.8, 4) is 0 Å². The van der Waals surface area contributed by atoms with Crippen LogP contribution in [0.5, 0.6) is 0 Å². The molecule has 6 heteroatoms. The minimum absolute atomic E-state index is 0.468. The second kappa shape index (κ2) is 5.66. The number of imidazole rings is 1. The van der Waals surface area contributed by atoms with Crippen molar-refractivity contribution < 1.29 is 9.90 Å². The molecule has 0 spiro atoms. The number of hydrogen-bond acceptors (Lipinski definition) is 2. The summed E-state index contributed by atoms with van der Waals surface area (Å²) in [7, 11) is -2.07. The Balaban J connectivity index is 2.55. The van der Waals surface area contributed by atoms with E-state index in [1.165, 1.54) is 4.57 Å². The monoisotopic (exact) mass is 291 g/mol. The maximum Gasteiger partial charge on any atom is 0.405 e. The smallest absolute Gasteiger partial charge is 0.405 e. The van der Waals surface area contributed by atoms with Crippen molar-refractivity contribution in [2.45, 2.75) is 38.9 Å². The normalized spacial score (nSPS) is 11.8. The Morgan fingerprint density at radius 2 is 1.85 bits per heavy atom. The van der Waals surface area contributed by atoms with E-state index in [0.717, 1.165) is 29.2 Å². The van der Waals surface area contributed by atoms with Gasteiger partial charge in [-0.05, 0) is 30.3 Å². The molecule has 0 radical (unpaired) electrons. The highest BCUT2D eigenvalue weighted by atomic mass is 28.3. The van der Waals surface area contributed by atoms with E-state index in [0.29, 0.717) is 5.95 Å². The van der Waals surface area contributed by atoms with Crippen molar-refractivity contribution in [3.63, 3.8) is 0 Å². The van der Waals surface area contributed by atoms with Gasteiger partial charge in [-0.15, -0.1) is 0 Å². The number of fused-ring (bicyclic) bond motifs is 1. The summed E-state index contributed by atoms with van der Waals surface area (Å²) < 4.78 is 1.53. The number of hydrogen-bond donors (Lipinski definition) is 2. The molecule has 108 valence electrons. The second-order valence-corrected chi connectivity index (χ2v) is 10.00. The molecule has 20 heavy (non-hydrogen) atoms. The molecule has 1 amide bonds. The molecule has 0 saturated carbocycles. The molecule has 0 aliphatic heterocycles. The summed E-state index contributed by atoms with van der Waals surface area (Å²) in [5.41, 5.74) is 1.68. The number of nitrogens with zero attached hydrogens (tertiary/aromatic N) is 2. The number of anilines is 1. The van der Waals surface area contributed by atoms with Crippen LogP contribution in [0.25, 0.3) is 11.0 Å². The lowest BCUT2D eigenvalue weighted by Crippen LogP contribution is -2.55. The number of H-pyrrole nitrogens is 1. The standard InChI is InChI=1S/C14H21N3O2Si/c1-4-20(5-2,6-3)17(14(18)19)13-15-11-9-7-8-10-12(11)16-13/h7-10H,4-6H2,1-3H3,(H,15,16)(H,18,19). The minimum atomic E-state index is -2.07. The average molecular weight is 291 g/mol. The van der Waals surface area contributed by atoms with Gasteiger partial charge in [0, 0.05) is 0 Å². The molecule has 0 saturated heterocycles. The molecule has 0 unspecified atom stereocenters. The Labute approximate surface area is 119 Å². The number of carbonyl (C=O) groups is 1. The summed E-state index contributed by atoms with van der Waals surface area (Å²) in [5.74, 6) is 0.468. The van der Waals surface area contributed by atoms with E-state index in [4.69, 9.17) is 0 Å². The average Bonchev–Trinajstić information content (AvgIpc) is 2.87. The molecule has 2 N–H and O–H groups in total. The quantitative estimate of drug-likeness (QED) is 0.816. The lowest BCUT2D eigenvalue weighted by atomic mass is 10.3. The van der Waals surface area contributed by atoms with Crippen LogP contribution in [0.15, 0.2) is 24.3 Å². The fraction of sp³-hybridized carbons (Fsp3) is 0.429. The number of nitrogens with one attached hydrogen (secondary N) is 1. The van der Waals surface area contributed by atoms with Crippen molar-refractivity contribution in [2.75, 3.05) is 4.57 Å². The Morgan fingerprint density at radius 1 is 1.25 bits per heavy atom. The van der Waals surface area contributed by atoms with E-state index in [1.54, 1.807) is 0 Å². The molecule has 1 aromatic heterocycles. The Kier molecular flexibility index (Phi) is 4.13. The maximum absolute atomic E-state index is 11.8. The summed E-state index contributed by atoms with van der Waals surface area (Å²) in [6.07, 6.45) is -0.902. The lowest BCUT2D eigenvalue weighted by molar-refractivity contribution is 0.205. The van der Waals surface area contributed by atoms with Crippen LogP contribution in [0.3, 0.4) is 0 Å². The number of benzene rings is 1. The molecular formula is C14H21N3O2Si. The molecule has 0 atom stereocenters. The number of para-hydroxylation sites is 2. The number of aromatic amines is 1. The second-order valence-electron chi connectivity index (χ2n) is 4.98. The summed E-state index contributed by atoms with van der Waals surface area (Å²) in [4.78, 5) is 19.4. The number of rotatable bonds is 5.